The molecule has 0 aliphatic carbocycles. The molecule has 0 aliphatic heterocycles. The first-order valence-electron chi connectivity index (χ1n) is 12.6. The van der Waals surface area contributed by atoms with Crippen molar-refractivity contribution in [1.29, 1.82) is 0 Å². The van der Waals surface area contributed by atoms with Crippen molar-refractivity contribution in [2.45, 2.75) is 136 Å². The normalized spacial score (nSPS) is 11.2. The van der Waals surface area contributed by atoms with E-state index in [1.54, 1.807) is 0 Å². The number of aryl methyl sites for hydroxylation is 1. The number of aromatic nitrogens is 2. The van der Waals surface area contributed by atoms with Gasteiger partial charge in [0.25, 0.3) is 0 Å². The fraction of sp³-hybridized carbons (Fsp3) is 0.880. The molecule has 0 spiro atoms. The van der Waals surface area contributed by atoms with Crippen LogP contribution in [0.2, 0.25) is 0 Å². The summed E-state index contributed by atoms with van der Waals surface area (Å²) in [6, 6.07) is 0. The minimum Gasteiger partial charge on any atom is -0.325 e. The van der Waals surface area contributed by atoms with Gasteiger partial charge in [0.15, 0.2) is 0 Å². The van der Waals surface area contributed by atoms with Gasteiger partial charge in [-0.1, -0.05) is 117 Å². The molecule has 1 aromatic heterocycles. The Balaban J connectivity index is 1.78. The maximum absolute atomic E-state index is 4.50. The topological polar surface area (TPSA) is 29.9 Å². The molecular weight excluding hydrogens is 342 g/mol. The zero-order valence-electron chi connectivity index (χ0n) is 19.2. The first-order chi connectivity index (χ1) is 13.9. The summed E-state index contributed by atoms with van der Waals surface area (Å²) >= 11 is 0. The molecule has 3 nitrogen and oxygen atoms in total. The van der Waals surface area contributed by atoms with Crippen molar-refractivity contribution in [3.05, 3.63) is 18.2 Å². The second-order valence-electron chi connectivity index (χ2n) is 8.59. The standard InChI is InChI=1S/C25H49N3/c1-3-5-7-8-9-10-11-12-13-14-15-16-17-18-19-20-21-25-23-28(24-26-25)27-22-6-4-2/h23-24,27H,3-22H2,1-2H3. The van der Waals surface area contributed by atoms with Gasteiger partial charge in [-0.25, -0.2) is 4.98 Å². The smallest absolute Gasteiger partial charge is 0.114 e. The second-order valence-corrected chi connectivity index (χ2v) is 8.59. The van der Waals surface area contributed by atoms with Crippen molar-refractivity contribution < 1.29 is 0 Å². The number of nitrogens with one attached hydrogen (secondary N) is 1. The van der Waals surface area contributed by atoms with Crippen LogP contribution < -0.4 is 5.43 Å². The van der Waals surface area contributed by atoms with Crippen LogP contribution in [0.5, 0.6) is 0 Å². The molecule has 1 N–H and O–H groups in total. The largest absolute Gasteiger partial charge is 0.325 e. The Morgan fingerprint density at radius 3 is 1.61 bits per heavy atom. The van der Waals surface area contributed by atoms with E-state index in [0.29, 0.717) is 0 Å². The quantitative estimate of drug-likeness (QED) is 0.215. The highest BCUT2D eigenvalue weighted by Crippen LogP contribution is 2.14. The minimum absolute atomic E-state index is 1.03. The highest BCUT2D eigenvalue weighted by Gasteiger charge is 1.99. The van der Waals surface area contributed by atoms with Crippen LogP contribution in [-0.2, 0) is 6.42 Å². The molecule has 1 rings (SSSR count). The summed E-state index contributed by atoms with van der Waals surface area (Å²) < 4.78 is 2.03. The van der Waals surface area contributed by atoms with E-state index >= 15 is 0 Å². The molecule has 0 radical (unpaired) electrons. The zero-order chi connectivity index (χ0) is 20.1. The van der Waals surface area contributed by atoms with Gasteiger partial charge in [0, 0.05) is 12.7 Å². The Labute approximate surface area is 176 Å². The lowest BCUT2D eigenvalue weighted by molar-refractivity contribution is 0.529. The van der Waals surface area contributed by atoms with Crippen molar-refractivity contribution in [3.8, 4) is 0 Å². The Bertz CT molecular complexity index is 427. The number of nitrogens with zero attached hydrogens (tertiary/aromatic N) is 2. The Morgan fingerprint density at radius 2 is 1.11 bits per heavy atom. The molecule has 0 aliphatic rings. The minimum atomic E-state index is 1.03. The third kappa shape index (κ3) is 15.0. The van der Waals surface area contributed by atoms with E-state index in [1.807, 2.05) is 11.0 Å². The highest BCUT2D eigenvalue weighted by atomic mass is 15.4. The molecular formula is C25H49N3. The van der Waals surface area contributed by atoms with Crippen LogP contribution in [-0.4, -0.2) is 16.2 Å². The van der Waals surface area contributed by atoms with Gasteiger partial charge >= 0.3 is 0 Å². The van der Waals surface area contributed by atoms with Crippen LogP contribution in [0.1, 0.15) is 135 Å². The monoisotopic (exact) mass is 391 g/mol. The highest BCUT2D eigenvalue weighted by molar-refractivity contribution is 4.98. The zero-order valence-corrected chi connectivity index (χ0v) is 19.2. The average Bonchev–Trinajstić information content (AvgIpc) is 3.15. The van der Waals surface area contributed by atoms with E-state index in [2.05, 4.69) is 30.5 Å². The second kappa shape index (κ2) is 19.3. The van der Waals surface area contributed by atoms with Gasteiger partial charge in [-0.2, -0.15) is 0 Å². The summed E-state index contributed by atoms with van der Waals surface area (Å²) in [6.45, 7) is 5.55. The Kier molecular flexibility index (Phi) is 17.3. The average molecular weight is 392 g/mol. The van der Waals surface area contributed by atoms with Crippen LogP contribution in [0.15, 0.2) is 12.5 Å². The van der Waals surface area contributed by atoms with E-state index < -0.39 is 0 Å². The Morgan fingerprint density at radius 1 is 0.643 bits per heavy atom. The van der Waals surface area contributed by atoms with Crippen molar-refractivity contribution in [2.24, 2.45) is 0 Å². The molecule has 0 amide bonds. The summed E-state index contributed by atoms with van der Waals surface area (Å²) in [4.78, 5) is 4.50. The number of rotatable bonds is 21. The predicted molar refractivity (Wildman–Crippen MR) is 125 cm³/mol. The summed E-state index contributed by atoms with van der Waals surface area (Å²) in [5, 5.41) is 0. The summed E-state index contributed by atoms with van der Waals surface area (Å²) in [5.74, 6) is 0. The van der Waals surface area contributed by atoms with E-state index in [4.69, 9.17) is 0 Å². The number of hydrogen-bond donors (Lipinski definition) is 1. The van der Waals surface area contributed by atoms with Crippen LogP contribution >= 0.6 is 0 Å². The van der Waals surface area contributed by atoms with Crippen molar-refractivity contribution in [3.63, 3.8) is 0 Å². The van der Waals surface area contributed by atoms with Crippen LogP contribution in [0.3, 0.4) is 0 Å². The molecule has 0 bridgehead atoms. The third-order valence-corrected chi connectivity index (χ3v) is 5.75. The van der Waals surface area contributed by atoms with Gasteiger partial charge < -0.3 is 5.43 Å². The molecule has 164 valence electrons. The molecule has 0 fully saturated rings. The van der Waals surface area contributed by atoms with Crippen molar-refractivity contribution >= 4 is 0 Å². The van der Waals surface area contributed by atoms with E-state index in [1.165, 1.54) is 121 Å². The summed E-state index contributed by atoms with van der Waals surface area (Å²) in [7, 11) is 0. The molecule has 0 saturated heterocycles. The van der Waals surface area contributed by atoms with Gasteiger partial charge in [-0.15, -0.1) is 0 Å². The van der Waals surface area contributed by atoms with Gasteiger partial charge in [-0.3, -0.25) is 4.68 Å². The van der Waals surface area contributed by atoms with Crippen LogP contribution in [0.4, 0.5) is 0 Å². The lowest BCUT2D eigenvalue weighted by atomic mass is 10.0. The Hall–Kier alpha value is -0.990. The summed E-state index contributed by atoms with van der Waals surface area (Å²) in [6.07, 6.45) is 30.5. The third-order valence-electron chi connectivity index (χ3n) is 5.75. The fourth-order valence-corrected chi connectivity index (χ4v) is 3.82. The lowest BCUT2D eigenvalue weighted by Gasteiger charge is -2.04. The molecule has 1 heterocycles. The first-order valence-corrected chi connectivity index (χ1v) is 12.6. The van der Waals surface area contributed by atoms with Gasteiger partial charge in [0.2, 0.25) is 0 Å². The number of unbranched alkanes of at least 4 members (excludes halogenated alkanes) is 16. The molecule has 28 heavy (non-hydrogen) atoms. The molecule has 0 unspecified atom stereocenters. The summed E-state index contributed by atoms with van der Waals surface area (Å²) in [5.41, 5.74) is 4.61. The fourth-order valence-electron chi connectivity index (χ4n) is 3.82. The van der Waals surface area contributed by atoms with Crippen LogP contribution in [0, 0.1) is 0 Å². The molecule has 3 heteroatoms. The maximum atomic E-state index is 4.50. The molecule has 0 atom stereocenters. The van der Waals surface area contributed by atoms with Crippen LogP contribution in [0.25, 0.3) is 0 Å². The molecule has 0 saturated carbocycles. The van der Waals surface area contributed by atoms with E-state index in [0.717, 1.165) is 13.0 Å². The predicted octanol–water partition coefficient (Wildman–Crippen LogP) is 8.03. The van der Waals surface area contributed by atoms with Gasteiger partial charge in [0.05, 0.1) is 5.69 Å². The van der Waals surface area contributed by atoms with E-state index in [-0.39, 0.29) is 0 Å². The number of hydrogen-bond acceptors (Lipinski definition) is 2. The lowest BCUT2D eigenvalue weighted by Crippen LogP contribution is -2.13. The molecule has 0 aromatic carbocycles. The molecule has 1 aromatic rings. The maximum Gasteiger partial charge on any atom is 0.114 e. The van der Waals surface area contributed by atoms with Crippen molar-refractivity contribution in [2.75, 3.05) is 12.0 Å². The van der Waals surface area contributed by atoms with Gasteiger partial charge in [-0.05, 0) is 19.3 Å². The number of imidazole rings is 1. The van der Waals surface area contributed by atoms with Gasteiger partial charge in [0.1, 0.15) is 6.33 Å². The first kappa shape index (κ1) is 25.0. The SMILES string of the molecule is CCCCCCCCCCCCCCCCCCc1cn(NCCCC)cn1. The van der Waals surface area contributed by atoms with Crippen molar-refractivity contribution in [1.82, 2.24) is 9.66 Å². The van der Waals surface area contributed by atoms with E-state index in [9.17, 15) is 0 Å².